The minimum absolute atomic E-state index is 0.141. The summed E-state index contributed by atoms with van der Waals surface area (Å²) in [5.74, 6) is -0.141. The summed E-state index contributed by atoms with van der Waals surface area (Å²) in [5.41, 5.74) is 7.91. The van der Waals surface area contributed by atoms with E-state index in [1.54, 1.807) is 6.07 Å². The molecule has 0 amide bonds. The summed E-state index contributed by atoms with van der Waals surface area (Å²) in [7, 11) is 3.95. The zero-order chi connectivity index (χ0) is 18.9. The number of ether oxygens (including phenoxy) is 1. The molecule has 2 aromatic rings. The van der Waals surface area contributed by atoms with Gasteiger partial charge in [-0.05, 0) is 56.3 Å². The minimum atomic E-state index is -4.46. The van der Waals surface area contributed by atoms with E-state index in [1.165, 1.54) is 12.1 Å². The Balaban J connectivity index is 2.01. The van der Waals surface area contributed by atoms with Crippen LogP contribution < -0.4 is 10.5 Å². The summed E-state index contributed by atoms with van der Waals surface area (Å²) in [6.07, 6.45) is -2.66. The first-order valence-electron chi connectivity index (χ1n) is 8.64. The Morgan fingerprint density at radius 1 is 1.08 bits per heavy atom. The van der Waals surface area contributed by atoms with Crippen LogP contribution in [0.2, 0.25) is 0 Å². The lowest BCUT2D eigenvalue weighted by molar-refractivity contribution is -0.139. The molecule has 3 rings (SSSR count). The molecule has 3 nitrogen and oxygen atoms in total. The third-order valence-electron chi connectivity index (χ3n) is 5.00. The van der Waals surface area contributed by atoms with Crippen molar-refractivity contribution >= 4 is 5.69 Å². The van der Waals surface area contributed by atoms with Crippen LogP contribution in [-0.4, -0.2) is 25.0 Å². The Morgan fingerprint density at radius 3 is 2.50 bits per heavy atom. The van der Waals surface area contributed by atoms with E-state index in [9.17, 15) is 13.2 Å². The molecule has 0 fully saturated rings. The number of fused-ring (bicyclic) bond motifs is 1. The average Bonchev–Trinajstić information content (AvgIpc) is 2.76. The number of nitrogens with two attached hydrogens (primary N) is 1. The van der Waals surface area contributed by atoms with Crippen molar-refractivity contribution in [1.82, 2.24) is 4.90 Å². The van der Waals surface area contributed by atoms with Crippen molar-refractivity contribution in [1.29, 1.82) is 0 Å². The van der Waals surface area contributed by atoms with Crippen LogP contribution in [0.1, 0.15) is 35.6 Å². The molecule has 1 aliphatic rings. The molecule has 1 aliphatic carbocycles. The SMILES string of the molecule is CN(C)C1CCc2c(N)cccc2C(Oc2ccccc2C(F)(F)F)C1. The van der Waals surface area contributed by atoms with Crippen molar-refractivity contribution in [3.63, 3.8) is 0 Å². The summed E-state index contributed by atoms with van der Waals surface area (Å²) in [6.45, 7) is 0. The molecule has 140 valence electrons. The second-order valence-electron chi connectivity index (χ2n) is 6.91. The van der Waals surface area contributed by atoms with Crippen LogP contribution in [0, 0.1) is 0 Å². The highest BCUT2D eigenvalue weighted by molar-refractivity contribution is 5.52. The van der Waals surface area contributed by atoms with Crippen LogP contribution in [-0.2, 0) is 12.6 Å². The highest BCUT2D eigenvalue weighted by Crippen LogP contribution is 2.41. The number of hydrogen-bond donors (Lipinski definition) is 1. The summed E-state index contributed by atoms with van der Waals surface area (Å²) in [5, 5.41) is 0. The van der Waals surface area contributed by atoms with E-state index in [0.717, 1.165) is 30.0 Å². The molecule has 2 atom stereocenters. The molecule has 0 heterocycles. The van der Waals surface area contributed by atoms with Gasteiger partial charge in [0.2, 0.25) is 0 Å². The smallest absolute Gasteiger partial charge is 0.419 e. The number of halogens is 3. The van der Waals surface area contributed by atoms with Crippen molar-refractivity contribution in [3.8, 4) is 5.75 Å². The Morgan fingerprint density at radius 2 is 1.81 bits per heavy atom. The fourth-order valence-corrected chi connectivity index (χ4v) is 3.55. The predicted octanol–water partition coefficient (Wildman–Crippen LogP) is 4.67. The zero-order valence-corrected chi connectivity index (χ0v) is 14.9. The lowest BCUT2D eigenvalue weighted by Crippen LogP contribution is -2.30. The van der Waals surface area contributed by atoms with E-state index < -0.39 is 17.8 Å². The molecular weight excluding hydrogens is 341 g/mol. The van der Waals surface area contributed by atoms with Gasteiger partial charge in [-0.2, -0.15) is 13.2 Å². The lowest BCUT2D eigenvalue weighted by Gasteiger charge is -2.28. The van der Waals surface area contributed by atoms with Gasteiger partial charge in [0.25, 0.3) is 0 Å². The Kier molecular flexibility index (Phi) is 5.14. The predicted molar refractivity (Wildman–Crippen MR) is 96.1 cm³/mol. The highest BCUT2D eigenvalue weighted by atomic mass is 19.4. The van der Waals surface area contributed by atoms with E-state index in [2.05, 4.69) is 4.90 Å². The third-order valence-corrected chi connectivity index (χ3v) is 5.00. The van der Waals surface area contributed by atoms with Crippen LogP contribution in [0.15, 0.2) is 42.5 Å². The summed E-state index contributed by atoms with van der Waals surface area (Å²) in [4.78, 5) is 2.09. The molecule has 0 aliphatic heterocycles. The number of alkyl halides is 3. The number of hydrogen-bond acceptors (Lipinski definition) is 3. The summed E-state index contributed by atoms with van der Waals surface area (Å²) < 4.78 is 46.0. The summed E-state index contributed by atoms with van der Waals surface area (Å²) >= 11 is 0. The topological polar surface area (TPSA) is 38.5 Å². The van der Waals surface area contributed by atoms with Crippen molar-refractivity contribution in [2.45, 2.75) is 37.6 Å². The number of rotatable bonds is 3. The molecule has 0 bridgehead atoms. The van der Waals surface area contributed by atoms with Gasteiger partial charge in [-0.1, -0.05) is 24.3 Å². The van der Waals surface area contributed by atoms with Crippen LogP contribution in [0.4, 0.5) is 18.9 Å². The lowest BCUT2D eigenvalue weighted by atomic mass is 9.99. The summed E-state index contributed by atoms with van der Waals surface area (Å²) in [6, 6.07) is 11.1. The van der Waals surface area contributed by atoms with E-state index in [1.807, 2.05) is 32.3 Å². The van der Waals surface area contributed by atoms with Crippen LogP contribution >= 0.6 is 0 Å². The van der Waals surface area contributed by atoms with Crippen molar-refractivity contribution in [2.75, 3.05) is 19.8 Å². The van der Waals surface area contributed by atoms with Gasteiger partial charge in [0.05, 0.1) is 5.56 Å². The Hall–Kier alpha value is -2.21. The van der Waals surface area contributed by atoms with Crippen molar-refractivity contribution in [2.24, 2.45) is 0 Å². The van der Waals surface area contributed by atoms with Gasteiger partial charge < -0.3 is 15.4 Å². The van der Waals surface area contributed by atoms with E-state index in [0.29, 0.717) is 12.1 Å². The van der Waals surface area contributed by atoms with Crippen LogP contribution in [0.3, 0.4) is 0 Å². The molecule has 2 N–H and O–H groups in total. The molecule has 0 saturated carbocycles. The van der Waals surface area contributed by atoms with Crippen molar-refractivity contribution < 1.29 is 17.9 Å². The number of nitrogen functional groups attached to an aromatic ring is 1. The molecule has 0 spiro atoms. The average molecular weight is 364 g/mol. The first-order valence-corrected chi connectivity index (χ1v) is 8.64. The van der Waals surface area contributed by atoms with Gasteiger partial charge in [0.1, 0.15) is 11.9 Å². The zero-order valence-electron chi connectivity index (χ0n) is 14.9. The normalized spacial score (nSPS) is 20.5. The molecule has 6 heteroatoms. The fourth-order valence-electron chi connectivity index (χ4n) is 3.55. The second-order valence-corrected chi connectivity index (χ2v) is 6.91. The standard InChI is InChI=1S/C20H23F3N2O/c1-25(2)13-10-11-14-15(6-5-8-17(14)24)19(12-13)26-18-9-4-3-7-16(18)20(21,22)23/h3-9,13,19H,10-12,24H2,1-2H3. The third kappa shape index (κ3) is 3.80. The number of anilines is 1. The van der Waals surface area contributed by atoms with E-state index in [-0.39, 0.29) is 11.8 Å². The maximum atomic E-state index is 13.3. The minimum Gasteiger partial charge on any atom is -0.485 e. The molecule has 2 unspecified atom stereocenters. The maximum absolute atomic E-state index is 13.3. The Bertz CT molecular complexity index is 774. The van der Waals surface area contributed by atoms with Gasteiger partial charge in [0.15, 0.2) is 0 Å². The number of benzene rings is 2. The first-order chi connectivity index (χ1) is 12.3. The molecular formula is C20H23F3N2O. The molecule has 0 saturated heterocycles. The van der Waals surface area contributed by atoms with Gasteiger partial charge in [-0.15, -0.1) is 0 Å². The van der Waals surface area contributed by atoms with E-state index >= 15 is 0 Å². The molecule has 26 heavy (non-hydrogen) atoms. The van der Waals surface area contributed by atoms with Gasteiger partial charge in [0, 0.05) is 18.2 Å². The second kappa shape index (κ2) is 7.19. The Labute approximate surface area is 151 Å². The highest BCUT2D eigenvalue weighted by Gasteiger charge is 2.36. The number of para-hydroxylation sites is 1. The van der Waals surface area contributed by atoms with Crippen molar-refractivity contribution in [3.05, 3.63) is 59.2 Å². The van der Waals surface area contributed by atoms with Gasteiger partial charge in [-0.25, -0.2) is 0 Å². The fraction of sp³-hybridized carbons (Fsp3) is 0.400. The first kappa shape index (κ1) is 18.6. The van der Waals surface area contributed by atoms with Crippen LogP contribution in [0.5, 0.6) is 5.75 Å². The molecule has 0 aromatic heterocycles. The van der Waals surface area contributed by atoms with Crippen LogP contribution in [0.25, 0.3) is 0 Å². The number of nitrogens with zero attached hydrogens (tertiary/aromatic N) is 1. The van der Waals surface area contributed by atoms with Gasteiger partial charge in [-0.3, -0.25) is 0 Å². The molecule has 2 aromatic carbocycles. The van der Waals surface area contributed by atoms with E-state index in [4.69, 9.17) is 10.5 Å². The monoisotopic (exact) mass is 364 g/mol. The molecule has 0 radical (unpaired) electrons. The maximum Gasteiger partial charge on any atom is 0.419 e. The largest absolute Gasteiger partial charge is 0.485 e. The van der Waals surface area contributed by atoms with Gasteiger partial charge >= 0.3 is 6.18 Å². The quantitative estimate of drug-likeness (QED) is 0.635.